The van der Waals surface area contributed by atoms with Gasteiger partial charge in [-0.25, -0.2) is 8.78 Å². The van der Waals surface area contributed by atoms with Crippen molar-refractivity contribution < 1.29 is 13.6 Å². The lowest BCUT2D eigenvalue weighted by Crippen LogP contribution is -2.53. The molecular weight excluding hydrogens is 452 g/mol. The smallest absolute Gasteiger partial charge is 0.292 e. The number of carbonyl (C=O) groups is 1. The first kappa shape index (κ1) is 22.9. The number of nitrogens with zero attached hydrogens (tertiary/aromatic N) is 4. The van der Waals surface area contributed by atoms with E-state index in [0.29, 0.717) is 37.6 Å². The Bertz CT molecular complexity index is 1210. The van der Waals surface area contributed by atoms with Gasteiger partial charge in [0.2, 0.25) is 5.91 Å². The number of halogens is 3. The number of hydrogen-bond donors (Lipinski definition) is 1. The van der Waals surface area contributed by atoms with E-state index >= 15 is 0 Å². The van der Waals surface area contributed by atoms with Crippen molar-refractivity contribution in [2.75, 3.05) is 36.4 Å². The Morgan fingerprint density at radius 2 is 1.76 bits per heavy atom. The van der Waals surface area contributed by atoms with Gasteiger partial charge < -0.3 is 10.2 Å². The highest BCUT2D eigenvalue weighted by molar-refractivity contribution is 6.33. The van der Waals surface area contributed by atoms with Crippen LogP contribution in [0.5, 0.6) is 0 Å². The molecule has 1 aliphatic heterocycles. The van der Waals surface area contributed by atoms with Gasteiger partial charge >= 0.3 is 0 Å². The van der Waals surface area contributed by atoms with Crippen molar-refractivity contribution in [3.05, 3.63) is 81.7 Å². The third kappa shape index (κ3) is 4.89. The molecule has 0 bridgehead atoms. The summed E-state index contributed by atoms with van der Waals surface area (Å²) in [5.41, 5.74) is 0.970. The van der Waals surface area contributed by atoms with E-state index in [4.69, 9.17) is 11.6 Å². The molecule has 0 radical (unpaired) electrons. The second-order valence-electron chi connectivity index (χ2n) is 7.71. The van der Waals surface area contributed by atoms with Crippen molar-refractivity contribution in [2.24, 2.45) is 0 Å². The van der Waals surface area contributed by atoms with Crippen LogP contribution in [0.15, 0.2) is 59.5 Å². The van der Waals surface area contributed by atoms with Crippen LogP contribution in [0.4, 0.5) is 20.2 Å². The molecule has 2 aromatic carbocycles. The van der Waals surface area contributed by atoms with Crippen LogP contribution < -0.4 is 15.8 Å². The van der Waals surface area contributed by atoms with Crippen LogP contribution >= 0.6 is 11.6 Å². The number of hydrogen-bond acceptors (Lipinski definition) is 5. The summed E-state index contributed by atoms with van der Waals surface area (Å²) in [4.78, 5) is 29.2. The molecule has 1 amide bonds. The molecule has 4 rings (SSSR count). The minimum absolute atomic E-state index is 0.0893. The zero-order valence-electron chi connectivity index (χ0n) is 17.8. The number of amides is 1. The summed E-state index contributed by atoms with van der Waals surface area (Å²) in [6.07, 6.45) is 1.58. The number of aromatic nitrogens is 2. The first-order valence-corrected chi connectivity index (χ1v) is 10.8. The quantitative estimate of drug-likeness (QED) is 0.615. The second-order valence-corrected chi connectivity index (χ2v) is 8.09. The van der Waals surface area contributed by atoms with Gasteiger partial charge in [0.1, 0.15) is 5.02 Å². The molecule has 0 spiro atoms. The monoisotopic (exact) mass is 473 g/mol. The molecule has 1 N–H and O–H groups in total. The van der Waals surface area contributed by atoms with Crippen molar-refractivity contribution >= 4 is 28.9 Å². The average molecular weight is 474 g/mol. The van der Waals surface area contributed by atoms with E-state index in [1.807, 2.05) is 28.0 Å². The molecule has 0 saturated carbocycles. The van der Waals surface area contributed by atoms with Gasteiger partial charge in [0.15, 0.2) is 11.6 Å². The lowest BCUT2D eigenvalue weighted by molar-refractivity contribution is -0.120. The predicted octanol–water partition coefficient (Wildman–Crippen LogP) is 3.31. The van der Waals surface area contributed by atoms with Gasteiger partial charge in [-0.15, -0.1) is 0 Å². The van der Waals surface area contributed by atoms with Gasteiger partial charge in [-0.1, -0.05) is 29.8 Å². The van der Waals surface area contributed by atoms with Gasteiger partial charge in [0.05, 0.1) is 23.6 Å². The fraction of sp³-hybridized carbons (Fsp3) is 0.261. The normalized spacial score (nSPS) is 15.3. The van der Waals surface area contributed by atoms with Crippen LogP contribution in [0.3, 0.4) is 0 Å². The summed E-state index contributed by atoms with van der Waals surface area (Å²) in [5.74, 6) is -2.31. The zero-order chi connectivity index (χ0) is 23.5. The Morgan fingerprint density at radius 1 is 1.06 bits per heavy atom. The lowest BCUT2D eigenvalue weighted by Gasteiger charge is -2.38. The Hall–Kier alpha value is -3.30. The fourth-order valence-electron chi connectivity index (χ4n) is 3.73. The molecule has 0 aliphatic carbocycles. The molecule has 172 valence electrons. The van der Waals surface area contributed by atoms with Crippen molar-refractivity contribution in [1.29, 1.82) is 0 Å². The lowest BCUT2D eigenvalue weighted by atomic mass is 10.2. The van der Waals surface area contributed by atoms with Gasteiger partial charge in [0, 0.05) is 37.9 Å². The second kappa shape index (κ2) is 9.68. The molecule has 1 aliphatic rings. The summed E-state index contributed by atoms with van der Waals surface area (Å²) < 4.78 is 27.7. The SMILES string of the molecule is CC(C(=O)Nc1ccc(F)c(F)c1)N1CCN(c2cnn(-c3ccccc3)c(=O)c2Cl)CC1. The molecule has 1 saturated heterocycles. The standard InChI is InChI=1S/C23H22ClF2N5O2/c1-15(22(32)28-16-7-8-18(25)19(26)13-16)29-9-11-30(12-10-29)20-14-27-31(23(33)21(20)24)17-5-3-2-4-6-17/h2-8,13-15H,9-12H2,1H3,(H,28,32). The number of rotatable bonds is 5. The number of anilines is 2. The predicted molar refractivity (Wildman–Crippen MR) is 123 cm³/mol. The number of carbonyl (C=O) groups excluding carboxylic acids is 1. The van der Waals surface area contributed by atoms with E-state index in [1.54, 1.807) is 25.3 Å². The van der Waals surface area contributed by atoms with Crippen molar-refractivity contribution in [1.82, 2.24) is 14.7 Å². The van der Waals surface area contributed by atoms with Crippen molar-refractivity contribution in [3.63, 3.8) is 0 Å². The number of benzene rings is 2. The van der Waals surface area contributed by atoms with Gasteiger partial charge in [-0.3, -0.25) is 14.5 Å². The van der Waals surface area contributed by atoms with Crippen LogP contribution in [-0.4, -0.2) is 52.8 Å². The first-order valence-electron chi connectivity index (χ1n) is 10.4. The maximum Gasteiger partial charge on any atom is 0.292 e. The van der Waals surface area contributed by atoms with Gasteiger partial charge in [-0.05, 0) is 31.2 Å². The number of piperazine rings is 1. The van der Waals surface area contributed by atoms with Crippen LogP contribution in [0, 0.1) is 11.6 Å². The molecule has 1 atom stereocenters. The van der Waals surface area contributed by atoms with Gasteiger partial charge in [-0.2, -0.15) is 9.78 Å². The van der Waals surface area contributed by atoms with E-state index in [0.717, 1.165) is 12.1 Å². The fourth-order valence-corrected chi connectivity index (χ4v) is 3.98. The summed E-state index contributed by atoms with van der Waals surface area (Å²) in [6, 6.07) is 11.8. The summed E-state index contributed by atoms with van der Waals surface area (Å²) in [5, 5.41) is 6.97. The maximum atomic E-state index is 13.4. The Balaban J connectivity index is 1.40. The first-order chi connectivity index (χ1) is 15.8. The molecule has 3 aromatic rings. The minimum Gasteiger partial charge on any atom is -0.366 e. The number of nitrogens with one attached hydrogen (secondary N) is 1. The molecule has 10 heteroatoms. The van der Waals surface area contributed by atoms with Crippen LogP contribution in [0.2, 0.25) is 5.02 Å². The average Bonchev–Trinajstić information content (AvgIpc) is 2.83. The van der Waals surface area contributed by atoms with Crippen LogP contribution in [0.25, 0.3) is 5.69 Å². The molecule has 1 unspecified atom stereocenters. The maximum absolute atomic E-state index is 13.4. The highest BCUT2D eigenvalue weighted by Gasteiger charge is 2.27. The molecule has 1 aromatic heterocycles. The van der Waals surface area contributed by atoms with Crippen LogP contribution in [-0.2, 0) is 4.79 Å². The Kier molecular flexibility index (Phi) is 6.71. The van der Waals surface area contributed by atoms with E-state index in [2.05, 4.69) is 10.4 Å². The summed E-state index contributed by atoms with van der Waals surface area (Å²) in [7, 11) is 0. The molecule has 33 heavy (non-hydrogen) atoms. The highest BCUT2D eigenvalue weighted by atomic mass is 35.5. The Morgan fingerprint density at radius 3 is 2.42 bits per heavy atom. The summed E-state index contributed by atoms with van der Waals surface area (Å²) >= 11 is 6.40. The Labute approximate surface area is 194 Å². The number of para-hydroxylation sites is 1. The minimum atomic E-state index is -1.02. The third-order valence-corrected chi connectivity index (χ3v) is 6.03. The van der Waals surface area contributed by atoms with E-state index < -0.39 is 23.2 Å². The van der Waals surface area contributed by atoms with E-state index in [-0.39, 0.29) is 16.6 Å². The molecular formula is C23H22ClF2N5O2. The zero-order valence-corrected chi connectivity index (χ0v) is 18.6. The van der Waals surface area contributed by atoms with E-state index in [1.165, 1.54) is 10.7 Å². The molecule has 1 fully saturated rings. The molecule has 7 nitrogen and oxygen atoms in total. The third-order valence-electron chi connectivity index (χ3n) is 5.67. The largest absolute Gasteiger partial charge is 0.366 e. The van der Waals surface area contributed by atoms with Gasteiger partial charge in [0.25, 0.3) is 5.56 Å². The van der Waals surface area contributed by atoms with Crippen molar-refractivity contribution in [3.8, 4) is 5.69 Å². The summed E-state index contributed by atoms with van der Waals surface area (Å²) in [6.45, 7) is 3.92. The topological polar surface area (TPSA) is 70.5 Å². The van der Waals surface area contributed by atoms with Crippen LogP contribution in [0.1, 0.15) is 6.92 Å². The van der Waals surface area contributed by atoms with E-state index in [9.17, 15) is 18.4 Å². The molecule has 2 heterocycles. The highest BCUT2D eigenvalue weighted by Crippen LogP contribution is 2.24. The van der Waals surface area contributed by atoms with Crippen molar-refractivity contribution in [2.45, 2.75) is 13.0 Å².